The Balaban J connectivity index is 2.37. The largest absolute Gasteiger partial charge is 0.384 e. The second kappa shape index (κ2) is 5.35. The van der Waals surface area contributed by atoms with Crippen molar-refractivity contribution in [1.29, 1.82) is 0 Å². The van der Waals surface area contributed by atoms with Gasteiger partial charge in [-0.3, -0.25) is 0 Å². The third-order valence-corrected chi connectivity index (χ3v) is 3.22. The highest BCUT2D eigenvalue weighted by Gasteiger charge is 2.13. The molecule has 0 heterocycles. The Hall–Kier alpha value is -1.31. The van der Waals surface area contributed by atoms with Crippen LogP contribution in [-0.2, 0) is 6.42 Å². The molecule has 17 heavy (non-hydrogen) atoms. The van der Waals surface area contributed by atoms with Gasteiger partial charge in [0.05, 0.1) is 0 Å². The maximum atomic E-state index is 10.3. The Morgan fingerprint density at radius 3 is 2.59 bits per heavy atom. The predicted octanol–water partition coefficient (Wildman–Crippen LogP) is 3.98. The third kappa shape index (κ3) is 2.68. The van der Waals surface area contributed by atoms with Crippen LogP contribution in [0.2, 0.25) is 5.02 Å². The zero-order valence-corrected chi connectivity index (χ0v) is 10.5. The van der Waals surface area contributed by atoms with Gasteiger partial charge >= 0.3 is 0 Å². The molecule has 2 aromatic carbocycles. The topological polar surface area (TPSA) is 20.2 Å². The van der Waals surface area contributed by atoms with Crippen LogP contribution >= 0.6 is 11.6 Å². The van der Waals surface area contributed by atoms with Gasteiger partial charge in [0.25, 0.3) is 0 Å². The van der Waals surface area contributed by atoms with E-state index in [0.29, 0.717) is 5.02 Å². The van der Waals surface area contributed by atoms with Crippen molar-refractivity contribution in [2.45, 2.75) is 19.4 Å². The summed E-state index contributed by atoms with van der Waals surface area (Å²) in [5.74, 6) is 0. The van der Waals surface area contributed by atoms with E-state index in [1.165, 1.54) is 5.56 Å². The SMILES string of the molecule is CCc1cccc(C(O)c2ccccc2Cl)c1. The van der Waals surface area contributed by atoms with Gasteiger partial charge in [0, 0.05) is 10.6 Å². The summed E-state index contributed by atoms with van der Waals surface area (Å²) in [4.78, 5) is 0. The van der Waals surface area contributed by atoms with Crippen LogP contribution in [0.3, 0.4) is 0 Å². The van der Waals surface area contributed by atoms with Crippen LogP contribution in [0.15, 0.2) is 48.5 Å². The van der Waals surface area contributed by atoms with Crippen molar-refractivity contribution in [1.82, 2.24) is 0 Å². The van der Waals surface area contributed by atoms with Gasteiger partial charge in [-0.15, -0.1) is 0 Å². The average Bonchev–Trinajstić information content (AvgIpc) is 2.38. The van der Waals surface area contributed by atoms with Crippen molar-refractivity contribution in [2.75, 3.05) is 0 Å². The highest BCUT2D eigenvalue weighted by atomic mass is 35.5. The van der Waals surface area contributed by atoms with Crippen molar-refractivity contribution < 1.29 is 5.11 Å². The lowest BCUT2D eigenvalue weighted by molar-refractivity contribution is 0.220. The van der Waals surface area contributed by atoms with Crippen LogP contribution in [0.4, 0.5) is 0 Å². The molecule has 0 aliphatic carbocycles. The van der Waals surface area contributed by atoms with E-state index in [1.54, 1.807) is 6.07 Å². The summed E-state index contributed by atoms with van der Waals surface area (Å²) in [5, 5.41) is 10.9. The van der Waals surface area contributed by atoms with E-state index in [2.05, 4.69) is 13.0 Å². The highest BCUT2D eigenvalue weighted by molar-refractivity contribution is 6.31. The van der Waals surface area contributed by atoms with Crippen molar-refractivity contribution in [3.63, 3.8) is 0 Å². The number of aryl methyl sites for hydroxylation is 1. The van der Waals surface area contributed by atoms with Crippen LogP contribution in [0.5, 0.6) is 0 Å². The molecule has 2 aromatic rings. The summed E-state index contributed by atoms with van der Waals surface area (Å²) in [6.07, 6.45) is 0.304. The molecule has 0 amide bonds. The zero-order chi connectivity index (χ0) is 12.3. The minimum atomic E-state index is -0.657. The summed E-state index contributed by atoms with van der Waals surface area (Å²) in [7, 11) is 0. The molecule has 88 valence electrons. The molecular formula is C15H15ClO. The molecule has 0 saturated heterocycles. The number of halogens is 1. The standard InChI is InChI=1S/C15H15ClO/c1-2-11-6-5-7-12(10-11)15(17)13-8-3-4-9-14(13)16/h3-10,15,17H,2H2,1H3. The fourth-order valence-electron chi connectivity index (χ4n) is 1.86. The van der Waals surface area contributed by atoms with Crippen LogP contribution in [0.1, 0.15) is 29.7 Å². The number of aliphatic hydroxyl groups excluding tert-OH is 1. The predicted molar refractivity (Wildman–Crippen MR) is 71.3 cm³/mol. The van der Waals surface area contributed by atoms with E-state index in [4.69, 9.17) is 11.6 Å². The van der Waals surface area contributed by atoms with E-state index in [-0.39, 0.29) is 0 Å². The summed E-state index contributed by atoms with van der Waals surface area (Å²) in [6.45, 7) is 2.10. The molecule has 0 aromatic heterocycles. The zero-order valence-electron chi connectivity index (χ0n) is 9.73. The monoisotopic (exact) mass is 246 g/mol. The van der Waals surface area contributed by atoms with Gasteiger partial charge in [0.15, 0.2) is 0 Å². The molecule has 1 atom stereocenters. The first-order valence-corrected chi connectivity index (χ1v) is 6.11. The van der Waals surface area contributed by atoms with Crippen molar-refractivity contribution >= 4 is 11.6 Å². The quantitative estimate of drug-likeness (QED) is 0.869. The lowest BCUT2D eigenvalue weighted by Gasteiger charge is -2.13. The molecule has 0 aliphatic heterocycles. The van der Waals surface area contributed by atoms with Gasteiger partial charge < -0.3 is 5.11 Å². The van der Waals surface area contributed by atoms with Crippen molar-refractivity contribution in [2.24, 2.45) is 0 Å². The van der Waals surface area contributed by atoms with Gasteiger partial charge in [-0.25, -0.2) is 0 Å². The van der Waals surface area contributed by atoms with Gasteiger partial charge in [-0.05, 0) is 23.6 Å². The lowest BCUT2D eigenvalue weighted by atomic mass is 9.99. The third-order valence-electron chi connectivity index (χ3n) is 2.87. The molecule has 2 rings (SSSR count). The number of hydrogen-bond donors (Lipinski definition) is 1. The highest BCUT2D eigenvalue weighted by Crippen LogP contribution is 2.28. The summed E-state index contributed by atoms with van der Waals surface area (Å²) in [6, 6.07) is 15.4. The van der Waals surface area contributed by atoms with Crippen LogP contribution in [0, 0.1) is 0 Å². The Bertz CT molecular complexity index is 508. The van der Waals surface area contributed by atoms with Crippen LogP contribution in [0.25, 0.3) is 0 Å². The Morgan fingerprint density at radius 1 is 1.12 bits per heavy atom. The second-order valence-electron chi connectivity index (χ2n) is 4.02. The minimum Gasteiger partial charge on any atom is -0.384 e. The first-order chi connectivity index (χ1) is 8.22. The molecule has 0 fully saturated rings. The molecule has 0 aliphatic rings. The Labute approximate surface area is 107 Å². The fourth-order valence-corrected chi connectivity index (χ4v) is 2.10. The number of aliphatic hydroxyl groups is 1. The molecule has 0 bridgehead atoms. The maximum absolute atomic E-state index is 10.3. The second-order valence-corrected chi connectivity index (χ2v) is 4.43. The molecule has 1 unspecified atom stereocenters. The first-order valence-electron chi connectivity index (χ1n) is 5.73. The van der Waals surface area contributed by atoms with Gasteiger partial charge in [-0.1, -0.05) is 61.0 Å². The molecule has 0 radical (unpaired) electrons. The van der Waals surface area contributed by atoms with E-state index in [0.717, 1.165) is 17.5 Å². The molecule has 1 N–H and O–H groups in total. The Kier molecular flexibility index (Phi) is 3.82. The van der Waals surface area contributed by atoms with E-state index >= 15 is 0 Å². The van der Waals surface area contributed by atoms with E-state index in [9.17, 15) is 5.11 Å². The van der Waals surface area contributed by atoms with Crippen molar-refractivity contribution in [3.8, 4) is 0 Å². The summed E-state index contributed by atoms with van der Waals surface area (Å²) >= 11 is 6.08. The molecule has 0 saturated carbocycles. The number of benzene rings is 2. The van der Waals surface area contributed by atoms with Crippen LogP contribution < -0.4 is 0 Å². The number of hydrogen-bond acceptors (Lipinski definition) is 1. The molecule has 0 spiro atoms. The lowest BCUT2D eigenvalue weighted by Crippen LogP contribution is -2.01. The van der Waals surface area contributed by atoms with Crippen molar-refractivity contribution in [3.05, 3.63) is 70.2 Å². The fraction of sp³-hybridized carbons (Fsp3) is 0.200. The van der Waals surface area contributed by atoms with Gasteiger partial charge in [0.1, 0.15) is 6.10 Å². The average molecular weight is 247 g/mol. The molecular weight excluding hydrogens is 232 g/mol. The first kappa shape index (κ1) is 12.2. The molecule has 2 heteroatoms. The number of rotatable bonds is 3. The van der Waals surface area contributed by atoms with Crippen LogP contribution in [-0.4, -0.2) is 5.11 Å². The van der Waals surface area contributed by atoms with E-state index < -0.39 is 6.10 Å². The Morgan fingerprint density at radius 2 is 1.88 bits per heavy atom. The maximum Gasteiger partial charge on any atom is 0.105 e. The van der Waals surface area contributed by atoms with E-state index in [1.807, 2.05) is 36.4 Å². The summed E-state index contributed by atoms with van der Waals surface area (Å²) in [5.41, 5.74) is 2.86. The normalized spacial score (nSPS) is 12.4. The molecule has 1 nitrogen and oxygen atoms in total. The van der Waals surface area contributed by atoms with Gasteiger partial charge in [0.2, 0.25) is 0 Å². The smallest absolute Gasteiger partial charge is 0.105 e. The minimum absolute atomic E-state index is 0.599. The summed E-state index contributed by atoms with van der Waals surface area (Å²) < 4.78 is 0. The van der Waals surface area contributed by atoms with Gasteiger partial charge in [-0.2, -0.15) is 0 Å².